The fraction of sp³-hybridized carbons (Fsp3) is 0.611. The first-order valence-electron chi connectivity index (χ1n) is 8.29. The third-order valence-electron chi connectivity index (χ3n) is 3.93. The van der Waals surface area contributed by atoms with E-state index < -0.39 is 5.60 Å². The van der Waals surface area contributed by atoms with Crippen molar-refractivity contribution in [3.63, 3.8) is 0 Å². The van der Waals surface area contributed by atoms with Crippen molar-refractivity contribution < 1.29 is 13.9 Å². The molecule has 0 radical (unpaired) electrons. The maximum absolute atomic E-state index is 13.0. The Bertz CT molecular complexity index is 511. The summed E-state index contributed by atoms with van der Waals surface area (Å²) in [6.07, 6.45) is 3.01. The number of hydrogen-bond acceptors (Lipinski definition) is 3. The van der Waals surface area contributed by atoms with Gasteiger partial charge in [0.05, 0.1) is 0 Å². The van der Waals surface area contributed by atoms with Gasteiger partial charge >= 0.3 is 6.09 Å². The molecule has 5 heteroatoms. The van der Waals surface area contributed by atoms with E-state index in [2.05, 4.69) is 10.2 Å². The van der Waals surface area contributed by atoms with Crippen LogP contribution < -0.4 is 5.32 Å². The van der Waals surface area contributed by atoms with Crippen molar-refractivity contribution >= 4 is 6.09 Å². The van der Waals surface area contributed by atoms with E-state index in [-0.39, 0.29) is 11.9 Å². The molecule has 0 unspecified atom stereocenters. The van der Waals surface area contributed by atoms with Crippen LogP contribution in [0.5, 0.6) is 0 Å². The molecule has 0 aliphatic carbocycles. The van der Waals surface area contributed by atoms with Gasteiger partial charge in [-0.05, 0) is 57.9 Å². The summed E-state index contributed by atoms with van der Waals surface area (Å²) < 4.78 is 18.3. The van der Waals surface area contributed by atoms with Crippen LogP contribution in [0.25, 0.3) is 0 Å². The highest BCUT2D eigenvalue weighted by Crippen LogP contribution is 2.19. The Hall–Kier alpha value is -1.62. The fourth-order valence-electron chi connectivity index (χ4n) is 2.84. The molecule has 1 aromatic rings. The largest absolute Gasteiger partial charge is 0.444 e. The minimum atomic E-state index is -0.482. The third kappa shape index (κ3) is 6.18. The van der Waals surface area contributed by atoms with Crippen LogP contribution in [-0.4, -0.2) is 35.7 Å². The molecule has 0 aromatic heterocycles. The summed E-state index contributed by atoms with van der Waals surface area (Å²) in [4.78, 5) is 14.2. The lowest BCUT2D eigenvalue weighted by atomic mass is 10.0. The molecule has 0 spiro atoms. The van der Waals surface area contributed by atoms with Crippen molar-refractivity contribution in [2.75, 3.05) is 13.1 Å². The molecular weight excluding hydrogens is 295 g/mol. The van der Waals surface area contributed by atoms with Gasteiger partial charge in [0.1, 0.15) is 11.4 Å². The van der Waals surface area contributed by atoms with Gasteiger partial charge in [0.25, 0.3) is 0 Å². The lowest BCUT2D eigenvalue weighted by Gasteiger charge is -2.36. The monoisotopic (exact) mass is 322 g/mol. The van der Waals surface area contributed by atoms with E-state index >= 15 is 0 Å². The highest BCUT2D eigenvalue weighted by atomic mass is 19.1. The number of likely N-dealkylation sites (tertiary alicyclic amines) is 1. The molecule has 4 nitrogen and oxygen atoms in total. The van der Waals surface area contributed by atoms with E-state index in [1.54, 1.807) is 0 Å². The van der Waals surface area contributed by atoms with E-state index in [0.29, 0.717) is 12.6 Å². The topological polar surface area (TPSA) is 41.6 Å². The second kappa shape index (κ2) is 7.77. The number of halogens is 1. The number of rotatable bonds is 4. The number of benzene rings is 1. The summed E-state index contributed by atoms with van der Waals surface area (Å²) in [5.74, 6) is -0.212. The van der Waals surface area contributed by atoms with Gasteiger partial charge in [-0.25, -0.2) is 9.18 Å². The summed E-state index contributed by atoms with van der Waals surface area (Å²) in [5, 5.41) is 2.87. The van der Waals surface area contributed by atoms with E-state index in [4.69, 9.17) is 4.74 Å². The molecule has 1 N–H and O–H groups in total. The Morgan fingerprint density at radius 1 is 1.30 bits per heavy atom. The van der Waals surface area contributed by atoms with Crippen molar-refractivity contribution in [2.24, 2.45) is 0 Å². The molecule has 1 fully saturated rings. The third-order valence-corrected chi connectivity index (χ3v) is 3.93. The second-order valence-corrected chi connectivity index (χ2v) is 7.13. The van der Waals surface area contributed by atoms with Gasteiger partial charge in [-0.2, -0.15) is 0 Å². The highest BCUT2D eigenvalue weighted by molar-refractivity contribution is 5.67. The number of ether oxygens (including phenoxy) is 1. The zero-order chi connectivity index (χ0) is 16.9. The molecule has 128 valence electrons. The first-order valence-corrected chi connectivity index (χ1v) is 8.29. The molecule has 2 rings (SSSR count). The molecule has 1 atom stereocenters. The first kappa shape index (κ1) is 17.7. The fourth-order valence-corrected chi connectivity index (χ4v) is 2.84. The minimum absolute atomic E-state index is 0.212. The summed E-state index contributed by atoms with van der Waals surface area (Å²) in [5.41, 5.74) is 0.611. The average molecular weight is 322 g/mol. The SMILES string of the molecule is CC(C)(C)OC(=O)NC[C@H]1CCCCN1Cc1ccc(F)cc1. The number of nitrogens with one attached hydrogen (secondary N) is 1. The zero-order valence-electron chi connectivity index (χ0n) is 14.3. The van der Waals surface area contributed by atoms with Gasteiger partial charge in [-0.3, -0.25) is 4.90 Å². The van der Waals surface area contributed by atoms with Crippen molar-refractivity contribution in [2.45, 2.75) is 58.2 Å². The smallest absolute Gasteiger partial charge is 0.407 e. The highest BCUT2D eigenvalue weighted by Gasteiger charge is 2.24. The summed E-state index contributed by atoms with van der Waals surface area (Å²) in [6.45, 7) is 7.92. The lowest BCUT2D eigenvalue weighted by Crippen LogP contribution is -2.47. The van der Waals surface area contributed by atoms with Gasteiger partial charge in [0.15, 0.2) is 0 Å². The van der Waals surface area contributed by atoms with Crippen LogP contribution in [0, 0.1) is 5.82 Å². The molecule has 1 aliphatic heterocycles. The molecule has 1 aliphatic rings. The van der Waals surface area contributed by atoms with E-state index in [0.717, 1.165) is 31.5 Å². The van der Waals surface area contributed by atoms with Gasteiger partial charge in [-0.1, -0.05) is 18.6 Å². The minimum Gasteiger partial charge on any atom is -0.444 e. The van der Waals surface area contributed by atoms with Crippen LogP contribution in [0.1, 0.15) is 45.6 Å². The standard InChI is InChI=1S/C18H27FN2O2/c1-18(2,3)23-17(22)20-12-16-6-4-5-11-21(16)13-14-7-9-15(19)10-8-14/h7-10,16H,4-6,11-13H2,1-3H3,(H,20,22)/t16-/m1/s1. The van der Waals surface area contributed by atoms with Crippen LogP contribution in [0.15, 0.2) is 24.3 Å². The van der Waals surface area contributed by atoms with E-state index in [1.807, 2.05) is 32.9 Å². The number of amides is 1. The Morgan fingerprint density at radius 2 is 2.00 bits per heavy atom. The number of piperidine rings is 1. The summed E-state index contributed by atoms with van der Waals surface area (Å²) >= 11 is 0. The van der Waals surface area contributed by atoms with E-state index in [1.165, 1.54) is 18.6 Å². The Kier molecular flexibility index (Phi) is 5.99. The Labute approximate surface area is 138 Å². The zero-order valence-corrected chi connectivity index (χ0v) is 14.3. The van der Waals surface area contributed by atoms with Crippen LogP contribution in [-0.2, 0) is 11.3 Å². The summed E-state index contributed by atoms with van der Waals surface area (Å²) in [6, 6.07) is 6.92. The van der Waals surface area contributed by atoms with E-state index in [9.17, 15) is 9.18 Å². The number of carbonyl (C=O) groups is 1. The van der Waals surface area contributed by atoms with Gasteiger partial charge in [-0.15, -0.1) is 0 Å². The molecule has 1 saturated heterocycles. The van der Waals surface area contributed by atoms with Gasteiger partial charge in [0.2, 0.25) is 0 Å². The Balaban J connectivity index is 1.88. The molecule has 1 amide bonds. The normalized spacial score (nSPS) is 19.4. The number of nitrogens with zero attached hydrogens (tertiary/aromatic N) is 1. The lowest BCUT2D eigenvalue weighted by molar-refractivity contribution is 0.0492. The van der Waals surface area contributed by atoms with Crippen molar-refractivity contribution in [1.29, 1.82) is 0 Å². The van der Waals surface area contributed by atoms with Crippen LogP contribution in [0.2, 0.25) is 0 Å². The van der Waals surface area contributed by atoms with Gasteiger partial charge < -0.3 is 10.1 Å². The van der Waals surface area contributed by atoms with Crippen LogP contribution in [0.4, 0.5) is 9.18 Å². The molecule has 0 saturated carbocycles. The number of alkyl carbamates (subject to hydrolysis) is 1. The first-order chi connectivity index (χ1) is 10.8. The van der Waals surface area contributed by atoms with Crippen LogP contribution >= 0.6 is 0 Å². The van der Waals surface area contributed by atoms with Gasteiger partial charge in [0, 0.05) is 19.1 Å². The predicted octanol–water partition coefficient (Wildman–Crippen LogP) is 3.70. The molecule has 0 bridgehead atoms. The van der Waals surface area contributed by atoms with Crippen molar-refractivity contribution in [3.8, 4) is 0 Å². The summed E-state index contributed by atoms with van der Waals surface area (Å²) in [7, 11) is 0. The molecular formula is C18H27FN2O2. The van der Waals surface area contributed by atoms with Crippen molar-refractivity contribution in [1.82, 2.24) is 10.2 Å². The Morgan fingerprint density at radius 3 is 2.65 bits per heavy atom. The number of hydrogen-bond donors (Lipinski definition) is 1. The predicted molar refractivity (Wildman–Crippen MR) is 88.7 cm³/mol. The average Bonchev–Trinajstić information content (AvgIpc) is 2.47. The maximum Gasteiger partial charge on any atom is 0.407 e. The van der Waals surface area contributed by atoms with Crippen LogP contribution in [0.3, 0.4) is 0 Å². The second-order valence-electron chi connectivity index (χ2n) is 7.13. The van der Waals surface area contributed by atoms with Crippen molar-refractivity contribution in [3.05, 3.63) is 35.6 Å². The molecule has 1 aromatic carbocycles. The molecule has 23 heavy (non-hydrogen) atoms. The molecule has 1 heterocycles. The number of carbonyl (C=O) groups excluding carboxylic acids is 1. The maximum atomic E-state index is 13.0. The quantitative estimate of drug-likeness (QED) is 0.919.